The zero-order valence-electron chi connectivity index (χ0n) is 21.7. The Labute approximate surface area is 212 Å². The van der Waals surface area contributed by atoms with Crippen molar-refractivity contribution >= 4 is 29.4 Å². The van der Waals surface area contributed by atoms with Gasteiger partial charge >= 0.3 is 0 Å². The Morgan fingerprint density at radius 2 is 1.86 bits per heavy atom. The molecule has 2 heterocycles. The van der Waals surface area contributed by atoms with Gasteiger partial charge in [0.05, 0.1) is 17.7 Å². The van der Waals surface area contributed by atoms with Gasteiger partial charge in [-0.2, -0.15) is 0 Å². The van der Waals surface area contributed by atoms with Gasteiger partial charge in [0.2, 0.25) is 29.4 Å². The van der Waals surface area contributed by atoms with E-state index in [4.69, 9.17) is 0 Å². The van der Waals surface area contributed by atoms with Gasteiger partial charge in [-0.1, -0.05) is 34.1 Å². The highest BCUT2D eigenvalue weighted by Crippen LogP contribution is 2.33. The molecule has 10 nitrogen and oxygen atoms in total. The standard InChI is InChI=1S/C26H39N5O5/c1-5-7-17(29-24(35)19-8-6-11-31(19)25(36)26(2,3)4)23(34)30-18-12-15-16(13-27-22(15)33)20(21(18)32)28-14-9-10-14/h14-15,17-19,28H,5-13H2,1-4H3,(H,27,33)(H,29,35)(H,30,34)/t15-,17+,18+,19+/m1/s1. The third-order valence-corrected chi connectivity index (χ3v) is 7.46. The van der Waals surface area contributed by atoms with Gasteiger partial charge in [0.1, 0.15) is 12.1 Å². The van der Waals surface area contributed by atoms with Crippen LogP contribution >= 0.6 is 0 Å². The second kappa shape index (κ2) is 10.2. The molecule has 2 aliphatic heterocycles. The molecule has 4 N–H and O–H groups in total. The molecule has 0 aromatic rings. The Morgan fingerprint density at radius 1 is 1.14 bits per heavy atom. The van der Waals surface area contributed by atoms with E-state index in [2.05, 4.69) is 21.3 Å². The fourth-order valence-corrected chi connectivity index (χ4v) is 5.31. The molecule has 3 fully saturated rings. The lowest BCUT2D eigenvalue weighted by Crippen LogP contribution is -2.57. The summed E-state index contributed by atoms with van der Waals surface area (Å²) < 4.78 is 0. The number of ketones is 1. The summed E-state index contributed by atoms with van der Waals surface area (Å²) in [7, 11) is 0. The van der Waals surface area contributed by atoms with Crippen molar-refractivity contribution in [3.63, 3.8) is 0 Å². The highest BCUT2D eigenvalue weighted by molar-refractivity contribution is 6.06. The van der Waals surface area contributed by atoms with Crippen molar-refractivity contribution in [1.29, 1.82) is 0 Å². The number of rotatable bonds is 8. The monoisotopic (exact) mass is 501 g/mol. The molecule has 36 heavy (non-hydrogen) atoms. The summed E-state index contributed by atoms with van der Waals surface area (Å²) in [5.74, 6) is -1.65. The second-order valence-electron chi connectivity index (χ2n) is 11.5. The molecular weight excluding hydrogens is 462 g/mol. The van der Waals surface area contributed by atoms with Gasteiger partial charge in [0.15, 0.2) is 0 Å². The molecule has 4 rings (SSSR count). The average molecular weight is 502 g/mol. The molecule has 4 aliphatic rings. The van der Waals surface area contributed by atoms with Gasteiger partial charge < -0.3 is 26.2 Å². The fraction of sp³-hybridized carbons (Fsp3) is 0.731. The molecule has 2 saturated heterocycles. The van der Waals surface area contributed by atoms with Crippen LogP contribution in [-0.2, 0) is 24.0 Å². The second-order valence-corrected chi connectivity index (χ2v) is 11.5. The van der Waals surface area contributed by atoms with Crippen LogP contribution in [0.4, 0.5) is 0 Å². The SMILES string of the molecule is CCC[C@H](NC(=O)[C@@H]1CCCN1C(=O)C(C)(C)C)C(=O)N[C@H]1C[C@H]2C(=O)NCC2=C(NC2CC2)C1=O. The number of nitrogens with zero attached hydrogens (tertiary/aromatic N) is 1. The molecule has 4 amide bonds. The average Bonchev–Trinajstić information content (AvgIpc) is 3.37. The number of hydrogen-bond donors (Lipinski definition) is 4. The molecule has 1 saturated carbocycles. The third kappa shape index (κ3) is 5.42. The van der Waals surface area contributed by atoms with Gasteiger partial charge in [0, 0.05) is 24.5 Å². The minimum Gasteiger partial charge on any atom is -0.379 e. The number of amides is 4. The van der Waals surface area contributed by atoms with Crippen molar-refractivity contribution < 1.29 is 24.0 Å². The molecule has 0 aromatic heterocycles. The lowest BCUT2D eigenvalue weighted by atomic mass is 9.83. The summed E-state index contributed by atoms with van der Waals surface area (Å²) in [5.41, 5.74) is 0.636. The van der Waals surface area contributed by atoms with E-state index in [1.807, 2.05) is 27.7 Å². The van der Waals surface area contributed by atoms with E-state index in [-0.39, 0.29) is 36.0 Å². The molecule has 198 valence electrons. The third-order valence-electron chi connectivity index (χ3n) is 7.46. The summed E-state index contributed by atoms with van der Waals surface area (Å²) in [6.45, 7) is 8.27. The van der Waals surface area contributed by atoms with Gasteiger partial charge in [-0.15, -0.1) is 0 Å². The van der Waals surface area contributed by atoms with E-state index in [1.165, 1.54) is 0 Å². The maximum absolute atomic E-state index is 13.3. The van der Waals surface area contributed by atoms with Crippen LogP contribution < -0.4 is 21.3 Å². The number of likely N-dealkylation sites (tertiary alicyclic amines) is 1. The summed E-state index contributed by atoms with van der Waals surface area (Å²) >= 11 is 0. The van der Waals surface area contributed by atoms with E-state index in [0.717, 1.165) is 24.8 Å². The predicted molar refractivity (Wildman–Crippen MR) is 132 cm³/mol. The summed E-state index contributed by atoms with van der Waals surface area (Å²) in [6.07, 6.45) is 4.50. The molecule has 2 aliphatic carbocycles. The zero-order chi connectivity index (χ0) is 26.2. The molecule has 0 radical (unpaired) electrons. The van der Waals surface area contributed by atoms with E-state index in [9.17, 15) is 24.0 Å². The van der Waals surface area contributed by atoms with Crippen molar-refractivity contribution in [3.05, 3.63) is 11.3 Å². The smallest absolute Gasteiger partial charge is 0.243 e. The zero-order valence-corrected chi connectivity index (χ0v) is 21.7. The van der Waals surface area contributed by atoms with E-state index >= 15 is 0 Å². The van der Waals surface area contributed by atoms with Gasteiger partial charge in [-0.05, 0) is 44.1 Å². The number of hydrogen-bond acceptors (Lipinski definition) is 6. The first kappa shape index (κ1) is 26.2. The van der Waals surface area contributed by atoms with Crippen molar-refractivity contribution in [1.82, 2.24) is 26.2 Å². The first-order valence-electron chi connectivity index (χ1n) is 13.2. The first-order chi connectivity index (χ1) is 17.0. The Morgan fingerprint density at radius 3 is 2.50 bits per heavy atom. The number of fused-ring (bicyclic) bond motifs is 1. The number of carbonyl (C=O) groups excluding carboxylic acids is 5. The minimum atomic E-state index is -0.835. The van der Waals surface area contributed by atoms with Gasteiger partial charge in [-0.3, -0.25) is 24.0 Å². The van der Waals surface area contributed by atoms with Gasteiger partial charge in [-0.25, -0.2) is 0 Å². The first-order valence-corrected chi connectivity index (χ1v) is 13.2. The van der Waals surface area contributed by atoms with Crippen LogP contribution in [0.25, 0.3) is 0 Å². The topological polar surface area (TPSA) is 137 Å². The van der Waals surface area contributed by atoms with Crippen LogP contribution in [0, 0.1) is 11.3 Å². The number of Topliss-reactive ketones (excluding diaryl/α,β-unsaturated/α-hetero) is 1. The van der Waals surface area contributed by atoms with Crippen molar-refractivity contribution in [2.75, 3.05) is 13.1 Å². The highest BCUT2D eigenvalue weighted by atomic mass is 16.2. The normalized spacial score (nSPS) is 26.9. The molecule has 0 aromatic carbocycles. The molecule has 0 unspecified atom stereocenters. The van der Waals surface area contributed by atoms with Crippen LogP contribution in [0.3, 0.4) is 0 Å². The van der Waals surface area contributed by atoms with Crippen LogP contribution in [-0.4, -0.2) is 71.6 Å². The minimum absolute atomic E-state index is 0.0856. The fourth-order valence-electron chi connectivity index (χ4n) is 5.31. The predicted octanol–water partition coefficient (Wildman–Crippen LogP) is 0.518. The maximum Gasteiger partial charge on any atom is 0.243 e. The van der Waals surface area contributed by atoms with Crippen molar-refractivity contribution in [3.8, 4) is 0 Å². The quantitative estimate of drug-likeness (QED) is 0.383. The number of nitrogens with one attached hydrogen (secondary N) is 4. The molecule has 0 bridgehead atoms. The number of carbonyl (C=O) groups is 5. The Bertz CT molecular complexity index is 980. The van der Waals surface area contributed by atoms with Gasteiger partial charge in [0.25, 0.3) is 0 Å². The molecular formula is C26H39N5O5. The summed E-state index contributed by atoms with van der Waals surface area (Å²) in [5, 5.41) is 11.8. The van der Waals surface area contributed by atoms with E-state index in [0.29, 0.717) is 38.0 Å². The Hall–Kier alpha value is -2.91. The lowest BCUT2D eigenvalue weighted by molar-refractivity contribution is -0.145. The van der Waals surface area contributed by atoms with Crippen molar-refractivity contribution in [2.45, 2.75) is 96.8 Å². The molecule has 0 spiro atoms. The Kier molecular flexibility index (Phi) is 7.43. The molecule has 4 atom stereocenters. The van der Waals surface area contributed by atoms with Crippen molar-refractivity contribution in [2.24, 2.45) is 11.3 Å². The molecule has 10 heteroatoms. The Balaban J connectivity index is 1.44. The van der Waals surface area contributed by atoms with E-state index in [1.54, 1.807) is 4.90 Å². The lowest BCUT2D eigenvalue weighted by Gasteiger charge is -2.32. The largest absolute Gasteiger partial charge is 0.379 e. The van der Waals surface area contributed by atoms with Crippen LogP contribution in [0.1, 0.15) is 72.6 Å². The maximum atomic E-state index is 13.3. The highest BCUT2D eigenvalue weighted by Gasteiger charge is 2.45. The summed E-state index contributed by atoms with van der Waals surface area (Å²) in [6, 6.07) is -2.04. The van der Waals surface area contributed by atoms with E-state index < -0.39 is 35.4 Å². The van der Waals surface area contributed by atoms with Crippen LogP contribution in [0.15, 0.2) is 11.3 Å². The summed E-state index contributed by atoms with van der Waals surface area (Å²) in [4.78, 5) is 66.6. The van der Waals surface area contributed by atoms with Crippen LogP contribution in [0.5, 0.6) is 0 Å². The van der Waals surface area contributed by atoms with Crippen LogP contribution in [0.2, 0.25) is 0 Å².